The van der Waals surface area contributed by atoms with Gasteiger partial charge in [-0.1, -0.05) is 48.9 Å². The first-order valence-electron chi connectivity index (χ1n) is 10.6. The molecule has 1 atom stereocenters. The third kappa shape index (κ3) is 4.20. The zero-order valence-corrected chi connectivity index (χ0v) is 18.1. The lowest BCUT2D eigenvalue weighted by molar-refractivity contribution is 0.0772. The fourth-order valence-electron chi connectivity index (χ4n) is 4.30. The Bertz CT molecular complexity index is 1050. The van der Waals surface area contributed by atoms with E-state index < -0.39 is 10.0 Å². The first-order chi connectivity index (χ1) is 14.5. The van der Waals surface area contributed by atoms with Crippen molar-refractivity contribution in [3.63, 3.8) is 0 Å². The lowest BCUT2D eigenvalue weighted by atomic mass is 9.99. The molecule has 158 valence electrons. The second kappa shape index (κ2) is 8.74. The van der Waals surface area contributed by atoms with Gasteiger partial charge in [-0.15, -0.1) is 0 Å². The van der Waals surface area contributed by atoms with Crippen LogP contribution in [0.1, 0.15) is 48.5 Å². The zero-order valence-electron chi connectivity index (χ0n) is 17.3. The Morgan fingerprint density at radius 2 is 1.80 bits per heavy atom. The molecular formula is C24H28N2O3S. The first-order valence-corrected chi connectivity index (χ1v) is 12.1. The van der Waals surface area contributed by atoms with Gasteiger partial charge in [0.05, 0.1) is 4.90 Å². The van der Waals surface area contributed by atoms with Crippen molar-refractivity contribution >= 4 is 21.5 Å². The van der Waals surface area contributed by atoms with Gasteiger partial charge in [0.1, 0.15) is 0 Å². The van der Waals surface area contributed by atoms with Crippen molar-refractivity contribution in [3.05, 3.63) is 71.8 Å². The highest BCUT2D eigenvalue weighted by molar-refractivity contribution is 7.89. The average Bonchev–Trinajstić information content (AvgIpc) is 2.79. The third-order valence-electron chi connectivity index (χ3n) is 6.07. The zero-order chi connectivity index (χ0) is 21.1. The van der Waals surface area contributed by atoms with Gasteiger partial charge >= 0.3 is 0 Å². The number of hydrogen-bond donors (Lipinski definition) is 0. The van der Waals surface area contributed by atoms with Crippen LogP contribution in [0.5, 0.6) is 0 Å². The van der Waals surface area contributed by atoms with Crippen molar-refractivity contribution in [2.75, 3.05) is 19.6 Å². The molecule has 0 spiro atoms. The summed E-state index contributed by atoms with van der Waals surface area (Å²) in [7, 11) is -3.59. The Morgan fingerprint density at radius 1 is 1.00 bits per heavy atom. The number of carbonyl (C=O) groups excluding carboxylic acids is 1. The largest absolute Gasteiger partial charge is 0.335 e. The SMILES string of the molecule is CC1CCCCN1S(=O)(=O)c1cccc(C(=O)N2CC=C(c3ccccc3)CC2)c1. The summed E-state index contributed by atoms with van der Waals surface area (Å²) in [5.74, 6) is -0.123. The van der Waals surface area contributed by atoms with Gasteiger partial charge in [-0.25, -0.2) is 8.42 Å². The summed E-state index contributed by atoms with van der Waals surface area (Å²) in [5.41, 5.74) is 2.86. The molecule has 5 nitrogen and oxygen atoms in total. The molecule has 30 heavy (non-hydrogen) atoms. The standard InChI is InChI=1S/C24H28N2O3S/c1-19-8-5-6-15-26(19)30(28,29)23-12-7-11-22(18-23)24(27)25-16-13-21(14-17-25)20-9-3-2-4-10-20/h2-4,7,9-13,18-19H,5-6,8,14-17H2,1H3. The van der Waals surface area contributed by atoms with Gasteiger partial charge in [-0.05, 0) is 55.5 Å². The molecule has 6 heteroatoms. The lowest BCUT2D eigenvalue weighted by Gasteiger charge is -2.32. The number of sulfonamides is 1. The van der Waals surface area contributed by atoms with Gasteiger partial charge < -0.3 is 4.90 Å². The van der Waals surface area contributed by atoms with Crippen LogP contribution in [0.3, 0.4) is 0 Å². The Kier molecular flexibility index (Phi) is 6.06. The van der Waals surface area contributed by atoms with Crippen LogP contribution in [0, 0.1) is 0 Å². The normalized spacial score (nSPS) is 20.6. The molecule has 0 aliphatic carbocycles. The number of carbonyl (C=O) groups is 1. The van der Waals surface area contributed by atoms with E-state index in [2.05, 4.69) is 18.2 Å². The Labute approximate surface area is 179 Å². The molecule has 0 radical (unpaired) electrons. The van der Waals surface area contributed by atoms with Gasteiger partial charge in [0.2, 0.25) is 10.0 Å². The molecule has 2 aromatic rings. The molecule has 0 aromatic heterocycles. The van der Waals surface area contributed by atoms with Crippen LogP contribution in [-0.2, 0) is 10.0 Å². The van der Waals surface area contributed by atoms with Crippen LogP contribution in [-0.4, -0.2) is 49.2 Å². The Hall–Kier alpha value is -2.44. The maximum Gasteiger partial charge on any atom is 0.254 e. The number of nitrogens with zero attached hydrogens (tertiary/aromatic N) is 2. The quantitative estimate of drug-likeness (QED) is 0.740. The molecular weight excluding hydrogens is 396 g/mol. The van der Waals surface area contributed by atoms with Crippen LogP contribution in [0.2, 0.25) is 0 Å². The van der Waals surface area contributed by atoms with Gasteiger partial charge in [0, 0.05) is 31.2 Å². The summed E-state index contributed by atoms with van der Waals surface area (Å²) in [6.45, 7) is 3.65. The molecule has 2 heterocycles. The monoisotopic (exact) mass is 424 g/mol. The summed E-state index contributed by atoms with van der Waals surface area (Å²) in [6, 6.07) is 16.7. The topological polar surface area (TPSA) is 57.7 Å². The van der Waals surface area contributed by atoms with Crippen molar-refractivity contribution < 1.29 is 13.2 Å². The molecule has 0 bridgehead atoms. The summed E-state index contributed by atoms with van der Waals surface area (Å²) in [5, 5.41) is 0. The highest BCUT2D eigenvalue weighted by Crippen LogP contribution is 2.27. The Balaban J connectivity index is 1.51. The first kappa shape index (κ1) is 20.8. The molecule has 2 aromatic carbocycles. The van der Waals surface area contributed by atoms with Crippen molar-refractivity contribution in [1.82, 2.24) is 9.21 Å². The fourth-order valence-corrected chi connectivity index (χ4v) is 6.05. The van der Waals surface area contributed by atoms with E-state index in [0.29, 0.717) is 25.2 Å². The maximum atomic E-state index is 13.1. The highest BCUT2D eigenvalue weighted by Gasteiger charge is 2.31. The average molecular weight is 425 g/mol. The maximum absolute atomic E-state index is 13.1. The van der Waals surface area contributed by atoms with Crippen molar-refractivity contribution in [3.8, 4) is 0 Å². The highest BCUT2D eigenvalue weighted by atomic mass is 32.2. The van der Waals surface area contributed by atoms with Gasteiger partial charge in [0.15, 0.2) is 0 Å². The van der Waals surface area contributed by atoms with E-state index >= 15 is 0 Å². The number of benzene rings is 2. The van der Waals surface area contributed by atoms with Gasteiger partial charge in [-0.2, -0.15) is 4.31 Å². The molecule has 0 saturated carbocycles. The molecule has 1 unspecified atom stereocenters. The number of hydrogen-bond acceptors (Lipinski definition) is 3. The minimum atomic E-state index is -3.59. The summed E-state index contributed by atoms with van der Waals surface area (Å²) in [4.78, 5) is 15.0. The molecule has 1 saturated heterocycles. The minimum absolute atomic E-state index is 0.00764. The van der Waals surface area contributed by atoms with E-state index in [1.54, 1.807) is 27.4 Å². The van der Waals surface area contributed by atoms with E-state index in [4.69, 9.17) is 0 Å². The van der Waals surface area contributed by atoms with Crippen molar-refractivity contribution in [2.24, 2.45) is 0 Å². The van der Waals surface area contributed by atoms with Crippen molar-refractivity contribution in [1.29, 1.82) is 0 Å². The molecule has 4 rings (SSSR count). The van der Waals surface area contributed by atoms with Crippen LogP contribution in [0.15, 0.2) is 65.6 Å². The molecule has 1 amide bonds. The van der Waals surface area contributed by atoms with E-state index in [1.165, 1.54) is 17.2 Å². The number of piperidine rings is 1. The van der Waals surface area contributed by atoms with E-state index in [-0.39, 0.29) is 16.8 Å². The molecule has 2 aliphatic rings. The molecule has 2 aliphatic heterocycles. The number of rotatable bonds is 4. The van der Waals surface area contributed by atoms with E-state index in [9.17, 15) is 13.2 Å². The van der Waals surface area contributed by atoms with Crippen LogP contribution >= 0.6 is 0 Å². The van der Waals surface area contributed by atoms with Crippen LogP contribution in [0.25, 0.3) is 5.57 Å². The van der Waals surface area contributed by atoms with Crippen molar-refractivity contribution in [2.45, 2.75) is 43.5 Å². The van der Waals surface area contributed by atoms with E-state index in [0.717, 1.165) is 25.7 Å². The van der Waals surface area contributed by atoms with Crippen LogP contribution < -0.4 is 0 Å². The summed E-state index contributed by atoms with van der Waals surface area (Å²) >= 11 is 0. The van der Waals surface area contributed by atoms with Crippen LogP contribution in [0.4, 0.5) is 0 Å². The summed E-state index contributed by atoms with van der Waals surface area (Å²) in [6.07, 6.45) is 5.69. The minimum Gasteiger partial charge on any atom is -0.335 e. The summed E-state index contributed by atoms with van der Waals surface area (Å²) < 4.78 is 27.9. The fraction of sp³-hybridized carbons (Fsp3) is 0.375. The smallest absolute Gasteiger partial charge is 0.254 e. The predicted molar refractivity (Wildman–Crippen MR) is 119 cm³/mol. The Morgan fingerprint density at radius 3 is 2.50 bits per heavy atom. The second-order valence-electron chi connectivity index (χ2n) is 8.08. The lowest BCUT2D eigenvalue weighted by Crippen LogP contribution is -2.42. The molecule has 1 fully saturated rings. The second-order valence-corrected chi connectivity index (χ2v) is 9.98. The third-order valence-corrected chi connectivity index (χ3v) is 8.08. The van der Waals surface area contributed by atoms with Gasteiger partial charge in [-0.3, -0.25) is 4.79 Å². The molecule has 0 N–H and O–H groups in total. The van der Waals surface area contributed by atoms with Gasteiger partial charge in [0.25, 0.3) is 5.91 Å². The predicted octanol–water partition coefficient (Wildman–Crippen LogP) is 4.18. The van der Waals surface area contributed by atoms with E-state index in [1.807, 2.05) is 25.1 Å². The number of amides is 1.